The topological polar surface area (TPSA) is 77.2 Å². The number of aromatic nitrogens is 1. The van der Waals surface area contributed by atoms with E-state index in [1.165, 1.54) is 29.5 Å². The van der Waals surface area contributed by atoms with Crippen LogP contribution in [0.25, 0.3) is 11.1 Å². The number of pyridine rings is 1. The van der Waals surface area contributed by atoms with Gasteiger partial charge >= 0.3 is 6.03 Å². The van der Waals surface area contributed by atoms with E-state index in [0.29, 0.717) is 11.8 Å². The predicted molar refractivity (Wildman–Crippen MR) is 93.4 cm³/mol. The molecule has 24 heavy (non-hydrogen) atoms. The third-order valence-corrected chi connectivity index (χ3v) is 4.93. The van der Waals surface area contributed by atoms with Crippen LogP contribution in [0.5, 0.6) is 5.88 Å². The molecule has 0 unspecified atom stereocenters. The Labute approximate surface area is 141 Å². The zero-order valence-electron chi connectivity index (χ0n) is 13.8. The molecule has 2 aromatic rings. The van der Waals surface area contributed by atoms with E-state index >= 15 is 0 Å². The van der Waals surface area contributed by atoms with Crippen molar-refractivity contribution < 1.29 is 9.53 Å². The number of nitrogens with zero attached hydrogens (tertiary/aromatic N) is 1. The summed E-state index contributed by atoms with van der Waals surface area (Å²) in [5.41, 5.74) is 12.3. The van der Waals surface area contributed by atoms with Gasteiger partial charge in [-0.1, -0.05) is 6.07 Å². The second-order valence-corrected chi connectivity index (χ2v) is 6.56. The second-order valence-electron chi connectivity index (χ2n) is 6.56. The Hall–Kier alpha value is -2.56. The number of ether oxygens (including phenoxy) is 1. The summed E-state index contributed by atoms with van der Waals surface area (Å²) in [6.45, 7) is 0. The number of carbonyl (C=O) groups excluding carboxylic acids is 1. The van der Waals surface area contributed by atoms with E-state index in [-0.39, 0.29) is 0 Å². The van der Waals surface area contributed by atoms with Crippen molar-refractivity contribution in [3.05, 3.63) is 41.1 Å². The SMILES string of the molecule is COc1cc(-c2c(C3CC3)cc3c(c2NC(N)=O)CCC3)ccn1. The molecule has 1 aromatic carbocycles. The van der Waals surface area contributed by atoms with Gasteiger partial charge in [0.1, 0.15) is 0 Å². The van der Waals surface area contributed by atoms with E-state index in [4.69, 9.17) is 10.5 Å². The number of hydrogen-bond acceptors (Lipinski definition) is 3. The quantitative estimate of drug-likeness (QED) is 0.902. The number of carbonyl (C=O) groups is 1. The number of hydrogen-bond donors (Lipinski definition) is 2. The number of amides is 2. The van der Waals surface area contributed by atoms with E-state index in [1.807, 2.05) is 12.1 Å². The van der Waals surface area contributed by atoms with Gasteiger partial charge in [-0.05, 0) is 66.3 Å². The fourth-order valence-corrected chi connectivity index (χ4v) is 3.73. The lowest BCUT2D eigenvalue weighted by Crippen LogP contribution is -2.21. The molecule has 0 aliphatic heterocycles. The van der Waals surface area contributed by atoms with Crippen LogP contribution in [0, 0.1) is 0 Å². The van der Waals surface area contributed by atoms with Crippen molar-refractivity contribution in [3.63, 3.8) is 0 Å². The van der Waals surface area contributed by atoms with Gasteiger partial charge < -0.3 is 15.8 Å². The van der Waals surface area contributed by atoms with Gasteiger partial charge in [-0.15, -0.1) is 0 Å². The first-order valence-electron chi connectivity index (χ1n) is 8.43. The number of methoxy groups -OCH3 is 1. The molecule has 5 nitrogen and oxygen atoms in total. The summed E-state index contributed by atoms with van der Waals surface area (Å²) in [5, 5.41) is 2.91. The Bertz CT molecular complexity index is 812. The number of urea groups is 1. The van der Waals surface area contributed by atoms with Crippen LogP contribution in [0.1, 0.15) is 41.9 Å². The van der Waals surface area contributed by atoms with Gasteiger partial charge in [0, 0.05) is 17.8 Å². The fraction of sp³-hybridized carbons (Fsp3) is 0.368. The summed E-state index contributed by atoms with van der Waals surface area (Å²) in [4.78, 5) is 15.8. The maximum Gasteiger partial charge on any atom is 0.316 e. The average Bonchev–Trinajstić information content (AvgIpc) is 3.32. The first-order valence-corrected chi connectivity index (χ1v) is 8.43. The van der Waals surface area contributed by atoms with Crippen molar-refractivity contribution in [3.8, 4) is 17.0 Å². The first kappa shape index (κ1) is 15.0. The number of primary amides is 1. The molecule has 1 heterocycles. The smallest absolute Gasteiger partial charge is 0.316 e. The summed E-state index contributed by atoms with van der Waals surface area (Å²) in [6, 6.07) is 5.72. The highest BCUT2D eigenvalue weighted by Crippen LogP contribution is 2.50. The third-order valence-electron chi connectivity index (χ3n) is 4.93. The van der Waals surface area contributed by atoms with Gasteiger partial charge in [-0.25, -0.2) is 9.78 Å². The van der Waals surface area contributed by atoms with Crippen LogP contribution >= 0.6 is 0 Å². The fourth-order valence-electron chi connectivity index (χ4n) is 3.73. The molecule has 2 aliphatic carbocycles. The molecule has 0 atom stereocenters. The maximum atomic E-state index is 11.6. The van der Waals surface area contributed by atoms with Crippen molar-refractivity contribution in [2.75, 3.05) is 12.4 Å². The van der Waals surface area contributed by atoms with Gasteiger partial charge in [0.05, 0.1) is 12.8 Å². The van der Waals surface area contributed by atoms with Gasteiger partial charge in [0.25, 0.3) is 0 Å². The summed E-state index contributed by atoms with van der Waals surface area (Å²) < 4.78 is 5.28. The molecule has 0 radical (unpaired) electrons. The highest BCUT2D eigenvalue weighted by molar-refractivity contribution is 5.97. The minimum absolute atomic E-state index is 0.515. The number of benzene rings is 1. The molecule has 1 fully saturated rings. The van der Waals surface area contributed by atoms with E-state index < -0.39 is 6.03 Å². The summed E-state index contributed by atoms with van der Waals surface area (Å²) in [7, 11) is 1.61. The van der Waals surface area contributed by atoms with Gasteiger partial charge in [0.2, 0.25) is 5.88 Å². The lowest BCUT2D eigenvalue weighted by Gasteiger charge is -2.20. The molecule has 2 aliphatic rings. The number of rotatable bonds is 4. The number of fused-ring (bicyclic) bond motifs is 1. The lowest BCUT2D eigenvalue weighted by atomic mass is 9.90. The predicted octanol–water partition coefficient (Wildman–Crippen LogP) is 3.61. The van der Waals surface area contributed by atoms with Gasteiger partial charge in [-0.3, -0.25) is 0 Å². The Balaban J connectivity index is 1.96. The Morgan fingerprint density at radius 2 is 2.17 bits per heavy atom. The van der Waals surface area contributed by atoms with Crippen LogP contribution in [0.4, 0.5) is 10.5 Å². The molecule has 0 spiro atoms. The van der Waals surface area contributed by atoms with E-state index in [9.17, 15) is 4.79 Å². The summed E-state index contributed by atoms with van der Waals surface area (Å²) in [5.74, 6) is 1.14. The van der Waals surface area contributed by atoms with Crippen LogP contribution in [0.2, 0.25) is 0 Å². The third kappa shape index (κ3) is 2.60. The van der Waals surface area contributed by atoms with Crippen molar-refractivity contribution in [2.24, 2.45) is 5.73 Å². The van der Waals surface area contributed by atoms with Crippen molar-refractivity contribution in [1.82, 2.24) is 4.98 Å². The Kier molecular flexibility index (Phi) is 3.63. The van der Waals surface area contributed by atoms with Crippen molar-refractivity contribution in [1.29, 1.82) is 0 Å². The van der Waals surface area contributed by atoms with Gasteiger partial charge in [-0.2, -0.15) is 0 Å². The number of aryl methyl sites for hydroxylation is 1. The van der Waals surface area contributed by atoms with Gasteiger partial charge in [0.15, 0.2) is 0 Å². The van der Waals surface area contributed by atoms with Crippen LogP contribution in [-0.2, 0) is 12.8 Å². The number of anilines is 1. The molecular weight excluding hydrogens is 302 g/mol. The second kappa shape index (κ2) is 5.82. The molecule has 1 saturated carbocycles. The molecule has 124 valence electrons. The molecule has 3 N–H and O–H groups in total. The van der Waals surface area contributed by atoms with Crippen LogP contribution < -0.4 is 15.8 Å². The molecule has 4 rings (SSSR count). The lowest BCUT2D eigenvalue weighted by molar-refractivity contribution is 0.259. The summed E-state index contributed by atoms with van der Waals surface area (Å²) in [6.07, 6.45) is 7.31. The van der Waals surface area contributed by atoms with E-state index in [2.05, 4.69) is 16.4 Å². The Morgan fingerprint density at radius 3 is 2.88 bits per heavy atom. The minimum atomic E-state index is -0.515. The van der Waals surface area contributed by atoms with Crippen LogP contribution in [0.15, 0.2) is 24.4 Å². The zero-order chi connectivity index (χ0) is 16.7. The molecule has 0 bridgehead atoms. The molecule has 1 aromatic heterocycles. The minimum Gasteiger partial charge on any atom is -0.481 e. The van der Waals surface area contributed by atoms with Crippen LogP contribution in [-0.4, -0.2) is 18.1 Å². The number of nitrogens with one attached hydrogen (secondary N) is 1. The van der Waals surface area contributed by atoms with Crippen molar-refractivity contribution >= 4 is 11.7 Å². The van der Waals surface area contributed by atoms with Crippen molar-refractivity contribution in [2.45, 2.75) is 38.0 Å². The molecule has 0 saturated heterocycles. The number of nitrogens with two attached hydrogens (primary N) is 1. The normalized spacial score (nSPS) is 15.9. The maximum absolute atomic E-state index is 11.6. The highest BCUT2D eigenvalue weighted by atomic mass is 16.5. The summed E-state index contributed by atoms with van der Waals surface area (Å²) >= 11 is 0. The van der Waals surface area contributed by atoms with E-state index in [1.54, 1.807) is 13.3 Å². The van der Waals surface area contributed by atoms with Crippen LogP contribution in [0.3, 0.4) is 0 Å². The molecule has 5 heteroatoms. The Morgan fingerprint density at radius 1 is 1.33 bits per heavy atom. The average molecular weight is 323 g/mol. The molecular formula is C19H21N3O2. The standard InChI is InChI=1S/C19H21N3O2/c1-24-16-10-13(7-8-21-16)17-15(11-5-6-11)9-12-3-2-4-14(12)18(17)22-19(20)23/h7-11H,2-6H2,1H3,(H3,20,22,23). The van der Waals surface area contributed by atoms with E-state index in [0.717, 1.165) is 36.1 Å². The zero-order valence-corrected chi connectivity index (χ0v) is 13.8. The largest absolute Gasteiger partial charge is 0.481 e. The highest BCUT2D eigenvalue weighted by Gasteiger charge is 2.31. The molecule has 2 amide bonds. The monoisotopic (exact) mass is 323 g/mol. The first-order chi connectivity index (χ1) is 11.7.